The number of amides is 1. The van der Waals surface area contributed by atoms with Gasteiger partial charge in [-0.3, -0.25) is 4.79 Å². The Balaban J connectivity index is 2.17. The normalized spacial score (nSPS) is 13.2. The molecule has 28 heavy (non-hydrogen) atoms. The summed E-state index contributed by atoms with van der Waals surface area (Å²) in [6.45, 7) is 2.26. The van der Waals surface area contributed by atoms with E-state index in [4.69, 9.17) is 9.47 Å². The highest BCUT2D eigenvalue weighted by Gasteiger charge is 2.20. The molecule has 4 nitrogen and oxygen atoms in total. The van der Waals surface area contributed by atoms with E-state index in [2.05, 4.69) is 12.2 Å². The minimum Gasteiger partial charge on any atom is -0.381 e. The van der Waals surface area contributed by atoms with Crippen LogP contribution in [-0.4, -0.2) is 32.3 Å². The van der Waals surface area contributed by atoms with Crippen LogP contribution in [0.4, 0.5) is 5.69 Å². The van der Waals surface area contributed by atoms with Gasteiger partial charge in [0.2, 0.25) is 0 Å². The van der Waals surface area contributed by atoms with Gasteiger partial charge < -0.3 is 14.8 Å². The molecule has 0 saturated heterocycles. The molecule has 2 unspecified atom stereocenters. The molecule has 160 valence electrons. The van der Waals surface area contributed by atoms with E-state index in [-0.39, 0.29) is 12.0 Å². The molecule has 1 aromatic rings. The predicted octanol–water partition coefficient (Wildman–Crippen LogP) is 6.36. The molecule has 1 rings (SSSR count). The van der Waals surface area contributed by atoms with Gasteiger partial charge >= 0.3 is 0 Å². The molecule has 0 saturated carbocycles. The van der Waals surface area contributed by atoms with Crippen molar-refractivity contribution in [2.24, 2.45) is 0 Å². The van der Waals surface area contributed by atoms with Gasteiger partial charge in [0, 0.05) is 19.9 Å². The summed E-state index contributed by atoms with van der Waals surface area (Å²) >= 11 is 0. The van der Waals surface area contributed by atoms with Crippen molar-refractivity contribution in [3.63, 3.8) is 0 Å². The number of nitrogens with one attached hydrogen (secondary N) is 1. The molecule has 1 amide bonds. The van der Waals surface area contributed by atoms with E-state index in [1.54, 1.807) is 14.2 Å². The zero-order valence-corrected chi connectivity index (χ0v) is 18.3. The first-order chi connectivity index (χ1) is 13.7. The van der Waals surface area contributed by atoms with Crippen LogP contribution in [0.5, 0.6) is 0 Å². The van der Waals surface area contributed by atoms with Crippen LogP contribution in [0.15, 0.2) is 30.3 Å². The number of anilines is 1. The maximum atomic E-state index is 12.4. The topological polar surface area (TPSA) is 47.6 Å². The van der Waals surface area contributed by atoms with Gasteiger partial charge in [0.25, 0.3) is 5.91 Å². The number of ether oxygens (including phenoxy) is 2. The van der Waals surface area contributed by atoms with Crippen LogP contribution in [0, 0.1) is 0 Å². The summed E-state index contributed by atoms with van der Waals surface area (Å²) in [5, 5.41) is 2.91. The molecule has 0 spiro atoms. The van der Waals surface area contributed by atoms with Gasteiger partial charge in [-0.1, -0.05) is 82.9 Å². The maximum Gasteiger partial charge on any atom is 0.253 e. The molecular weight excluding hydrogens is 350 g/mol. The number of hydrogen-bond acceptors (Lipinski definition) is 3. The third kappa shape index (κ3) is 11.5. The second-order valence-electron chi connectivity index (χ2n) is 7.63. The first kappa shape index (κ1) is 24.6. The SMILES string of the molecule is CCCCCCCCCCCC(CCC(OC)C(=O)Nc1ccccc1)OC. The van der Waals surface area contributed by atoms with Crippen LogP contribution in [0.1, 0.15) is 84.0 Å². The summed E-state index contributed by atoms with van der Waals surface area (Å²) in [5.74, 6) is -0.0911. The van der Waals surface area contributed by atoms with Crippen molar-refractivity contribution in [3.8, 4) is 0 Å². The van der Waals surface area contributed by atoms with Crippen LogP contribution in [0.25, 0.3) is 0 Å². The number of carbonyl (C=O) groups is 1. The lowest BCUT2D eigenvalue weighted by Gasteiger charge is -2.19. The Morgan fingerprint density at radius 1 is 0.821 bits per heavy atom. The molecule has 0 bridgehead atoms. The Morgan fingerprint density at radius 2 is 1.43 bits per heavy atom. The van der Waals surface area contributed by atoms with E-state index >= 15 is 0 Å². The third-order valence-electron chi connectivity index (χ3n) is 5.33. The first-order valence-electron chi connectivity index (χ1n) is 11.1. The van der Waals surface area contributed by atoms with Gasteiger partial charge in [0.05, 0.1) is 6.10 Å². The Bertz CT molecular complexity index is 492. The van der Waals surface area contributed by atoms with Crippen LogP contribution in [0.3, 0.4) is 0 Å². The molecule has 2 atom stereocenters. The van der Waals surface area contributed by atoms with Crippen LogP contribution in [0.2, 0.25) is 0 Å². The van der Waals surface area contributed by atoms with Gasteiger partial charge in [0.1, 0.15) is 6.10 Å². The minimum absolute atomic E-state index is 0.0911. The number of para-hydroxylation sites is 1. The number of rotatable bonds is 17. The molecule has 0 aliphatic rings. The summed E-state index contributed by atoms with van der Waals surface area (Å²) in [7, 11) is 3.36. The molecule has 0 aliphatic heterocycles. The van der Waals surface area contributed by atoms with Gasteiger partial charge in [-0.2, -0.15) is 0 Å². The molecule has 0 heterocycles. The first-order valence-corrected chi connectivity index (χ1v) is 11.1. The van der Waals surface area contributed by atoms with Crippen molar-refractivity contribution in [2.75, 3.05) is 19.5 Å². The molecule has 0 radical (unpaired) electrons. The fraction of sp³-hybridized carbons (Fsp3) is 0.708. The van der Waals surface area contributed by atoms with E-state index in [0.717, 1.165) is 18.5 Å². The Labute approximate surface area is 172 Å². The van der Waals surface area contributed by atoms with E-state index in [1.165, 1.54) is 57.8 Å². The van der Waals surface area contributed by atoms with Crippen molar-refractivity contribution < 1.29 is 14.3 Å². The summed E-state index contributed by atoms with van der Waals surface area (Å²) in [6.07, 6.45) is 14.3. The second-order valence-corrected chi connectivity index (χ2v) is 7.63. The molecular formula is C24H41NO3. The van der Waals surface area contributed by atoms with Crippen LogP contribution >= 0.6 is 0 Å². The van der Waals surface area contributed by atoms with Crippen molar-refractivity contribution in [1.82, 2.24) is 0 Å². The van der Waals surface area contributed by atoms with Crippen molar-refractivity contribution in [1.29, 1.82) is 0 Å². The lowest BCUT2D eigenvalue weighted by atomic mass is 10.0. The smallest absolute Gasteiger partial charge is 0.253 e. The number of unbranched alkanes of at least 4 members (excludes halogenated alkanes) is 8. The highest BCUT2D eigenvalue weighted by atomic mass is 16.5. The average Bonchev–Trinajstić information content (AvgIpc) is 2.72. The molecule has 0 fully saturated rings. The number of carbonyl (C=O) groups excluding carboxylic acids is 1. The summed E-state index contributed by atoms with van der Waals surface area (Å²) in [4.78, 5) is 12.4. The Hall–Kier alpha value is -1.39. The Morgan fingerprint density at radius 3 is 2.00 bits per heavy atom. The van der Waals surface area contributed by atoms with Gasteiger partial charge in [-0.25, -0.2) is 0 Å². The lowest BCUT2D eigenvalue weighted by molar-refractivity contribution is -0.126. The second kappa shape index (κ2) is 16.6. The standard InChI is InChI=1S/C24H41NO3/c1-4-5-6-7-8-9-10-11-15-18-22(27-2)19-20-23(28-3)24(26)25-21-16-13-12-14-17-21/h12-14,16-17,22-23H,4-11,15,18-20H2,1-3H3,(H,25,26). The zero-order valence-electron chi connectivity index (χ0n) is 18.3. The summed E-state index contributed by atoms with van der Waals surface area (Å²) in [6, 6.07) is 9.51. The lowest BCUT2D eigenvalue weighted by Crippen LogP contribution is -2.30. The fourth-order valence-corrected chi connectivity index (χ4v) is 3.50. The average molecular weight is 392 g/mol. The number of hydrogen-bond donors (Lipinski definition) is 1. The minimum atomic E-state index is -0.444. The van der Waals surface area contributed by atoms with Crippen molar-refractivity contribution >= 4 is 11.6 Å². The largest absolute Gasteiger partial charge is 0.381 e. The van der Waals surface area contributed by atoms with Crippen molar-refractivity contribution in [3.05, 3.63) is 30.3 Å². The molecule has 0 aliphatic carbocycles. The van der Waals surface area contributed by atoms with Crippen molar-refractivity contribution in [2.45, 2.75) is 96.2 Å². The third-order valence-corrected chi connectivity index (χ3v) is 5.33. The van der Waals surface area contributed by atoms with Crippen LogP contribution in [-0.2, 0) is 14.3 Å². The van der Waals surface area contributed by atoms with Crippen LogP contribution < -0.4 is 5.32 Å². The quantitative estimate of drug-likeness (QED) is 0.314. The summed E-state index contributed by atoms with van der Waals surface area (Å²) in [5.41, 5.74) is 0.799. The van der Waals surface area contributed by atoms with Gasteiger partial charge in [-0.15, -0.1) is 0 Å². The zero-order chi connectivity index (χ0) is 20.5. The highest BCUT2D eigenvalue weighted by Crippen LogP contribution is 2.17. The van der Waals surface area contributed by atoms with Gasteiger partial charge in [0.15, 0.2) is 0 Å². The molecule has 4 heteroatoms. The Kier molecular flexibility index (Phi) is 14.6. The fourth-order valence-electron chi connectivity index (χ4n) is 3.50. The van der Waals surface area contributed by atoms with E-state index in [0.29, 0.717) is 6.42 Å². The molecule has 1 N–H and O–H groups in total. The molecule has 1 aromatic carbocycles. The van der Waals surface area contributed by atoms with E-state index in [1.807, 2.05) is 30.3 Å². The number of benzene rings is 1. The summed E-state index contributed by atoms with van der Waals surface area (Å²) < 4.78 is 11.0. The molecule has 0 aromatic heterocycles. The van der Waals surface area contributed by atoms with E-state index < -0.39 is 6.10 Å². The monoisotopic (exact) mass is 391 g/mol. The van der Waals surface area contributed by atoms with E-state index in [9.17, 15) is 4.79 Å². The predicted molar refractivity (Wildman–Crippen MR) is 118 cm³/mol. The highest BCUT2D eigenvalue weighted by molar-refractivity contribution is 5.94. The van der Waals surface area contributed by atoms with Gasteiger partial charge in [-0.05, 0) is 31.4 Å². The number of methoxy groups -OCH3 is 2. The maximum absolute atomic E-state index is 12.4.